The predicted octanol–water partition coefficient (Wildman–Crippen LogP) is 3.95. The van der Waals surface area contributed by atoms with Gasteiger partial charge in [0.05, 0.1) is 16.1 Å². The number of para-hydroxylation sites is 1. The minimum Gasteiger partial charge on any atom is -0.350 e. The molecule has 0 atom stereocenters. The highest BCUT2D eigenvalue weighted by Gasteiger charge is 2.26. The number of carbonyl (C=O) groups is 2. The fourth-order valence-electron chi connectivity index (χ4n) is 3.76. The van der Waals surface area contributed by atoms with Gasteiger partial charge in [0.1, 0.15) is 0 Å². The van der Waals surface area contributed by atoms with Crippen molar-refractivity contribution >= 4 is 27.5 Å². The van der Waals surface area contributed by atoms with E-state index in [4.69, 9.17) is 0 Å². The highest BCUT2D eigenvalue weighted by molar-refractivity contribution is 7.89. The lowest BCUT2D eigenvalue weighted by atomic mass is 10.1. The summed E-state index contributed by atoms with van der Waals surface area (Å²) in [4.78, 5) is 25.7. The average Bonchev–Trinajstić information content (AvgIpc) is 3.04. The average molecular weight is 458 g/mol. The van der Waals surface area contributed by atoms with E-state index in [9.17, 15) is 18.0 Å². The zero-order valence-corrected chi connectivity index (χ0v) is 19.7. The minimum atomic E-state index is -3.68. The lowest BCUT2D eigenvalue weighted by molar-refractivity contribution is 0.0944. The van der Waals surface area contributed by atoms with Crippen LogP contribution >= 0.6 is 0 Å². The summed E-state index contributed by atoms with van der Waals surface area (Å²) in [5.41, 5.74) is 1.64. The summed E-state index contributed by atoms with van der Waals surface area (Å²) in [6.45, 7) is 6.47. The minimum absolute atomic E-state index is 0.0469. The van der Waals surface area contributed by atoms with Gasteiger partial charge in [-0.2, -0.15) is 4.31 Å². The maximum Gasteiger partial charge on any atom is 0.255 e. The third-order valence-corrected chi connectivity index (χ3v) is 7.39. The molecule has 0 spiro atoms. The fraction of sp³-hybridized carbons (Fsp3) is 0.417. The highest BCUT2D eigenvalue weighted by atomic mass is 32.2. The zero-order valence-electron chi connectivity index (χ0n) is 18.8. The summed E-state index contributed by atoms with van der Waals surface area (Å²) in [5.74, 6) is -0.745. The molecule has 0 unspecified atom stereocenters. The first-order chi connectivity index (χ1) is 15.2. The molecule has 0 aliphatic carbocycles. The van der Waals surface area contributed by atoms with Crippen LogP contribution in [0.1, 0.15) is 65.8 Å². The number of rotatable bonds is 6. The molecule has 0 radical (unpaired) electrons. The Kier molecular flexibility index (Phi) is 7.69. The van der Waals surface area contributed by atoms with Gasteiger partial charge in [-0.1, -0.05) is 31.0 Å². The molecule has 32 heavy (non-hydrogen) atoms. The molecule has 0 bridgehead atoms. The van der Waals surface area contributed by atoms with Gasteiger partial charge in [-0.25, -0.2) is 8.42 Å². The lowest BCUT2D eigenvalue weighted by Gasteiger charge is -2.20. The predicted molar refractivity (Wildman–Crippen MR) is 125 cm³/mol. The maximum absolute atomic E-state index is 13.2. The number of nitrogens with zero attached hydrogens (tertiary/aromatic N) is 1. The molecule has 1 heterocycles. The van der Waals surface area contributed by atoms with Crippen molar-refractivity contribution in [3.8, 4) is 0 Å². The summed E-state index contributed by atoms with van der Waals surface area (Å²) in [5, 5.41) is 5.60. The number of anilines is 1. The maximum atomic E-state index is 13.2. The van der Waals surface area contributed by atoms with Crippen LogP contribution in [0.4, 0.5) is 5.69 Å². The Morgan fingerprint density at radius 2 is 1.56 bits per heavy atom. The molecule has 0 aromatic heterocycles. The van der Waals surface area contributed by atoms with Crippen molar-refractivity contribution in [2.45, 2.75) is 57.4 Å². The third-order valence-electron chi connectivity index (χ3n) is 5.50. The smallest absolute Gasteiger partial charge is 0.255 e. The molecule has 172 valence electrons. The van der Waals surface area contributed by atoms with Gasteiger partial charge in [0.2, 0.25) is 10.0 Å². The molecular weight excluding hydrogens is 426 g/mol. The molecule has 8 heteroatoms. The number of amides is 2. The van der Waals surface area contributed by atoms with Gasteiger partial charge in [-0.05, 0) is 63.4 Å². The Morgan fingerprint density at radius 3 is 2.22 bits per heavy atom. The van der Waals surface area contributed by atoms with E-state index in [2.05, 4.69) is 10.6 Å². The molecular formula is C24H31N3O4S. The summed E-state index contributed by atoms with van der Waals surface area (Å²) in [6, 6.07) is 11.3. The van der Waals surface area contributed by atoms with Crippen molar-refractivity contribution < 1.29 is 18.0 Å². The van der Waals surface area contributed by atoms with Crippen LogP contribution in [-0.2, 0) is 10.0 Å². The van der Waals surface area contributed by atoms with Crippen LogP contribution in [0.5, 0.6) is 0 Å². The van der Waals surface area contributed by atoms with Gasteiger partial charge in [0.15, 0.2) is 0 Å². The monoisotopic (exact) mass is 457 g/mol. The first-order valence-electron chi connectivity index (χ1n) is 11.0. The standard InChI is InChI=1S/C24H31N3O4S/c1-17(2)25-23(28)20-10-6-7-11-22(20)26-24(29)21-16-19(13-12-18(21)3)32(30,31)27-14-8-4-5-9-15-27/h6-7,10-13,16-17H,4-5,8-9,14-15H2,1-3H3,(H,25,28)(H,26,29). The van der Waals surface area contributed by atoms with E-state index in [0.29, 0.717) is 29.9 Å². The normalized spacial score (nSPS) is 15.2. The van der Waals surface area contributed by atoms with Crippen molar-refractivity contribution in [1.29, 1.82) is 0 Å². The van der Waals surface area contributed by atoms with Crippen molar-refractivity contribution in [1.82, 2.24) is 9.62 Å². The van der Waals surface area contributed by atoms with Crippen LogP contribution in [0.15, 0.2) is 47.4 Å². The van der Waals surface area contributed by atoms with E-state index in [0.717, 1.165) is 25.7 Å². The van der Waals surface area contributed by atoms with Gasteiger partial charge >= 0.3 is 0 Å². The second-order valence-electron chi connectivity index (χ2n) is 8.42. The Morgan fingerprint density at radius 1 is 0.906 bits per heavy atom. The van der Waals surface area contributed by atoms with Crippen molar-refractivity contribution in [2.24, 2.45) is 0 Å². The molecule has 2 amide bonds. The van der Waals surface area contributed by atoms with Crippen LogP contribution < -0.4 is 10.6 Å². The van der Waals surface area contributed by atoms with Crippen LogP contribution in [0.25, 0.3) is 0 Å². The number of hydrogen-bond donors (Lipinski definition) is 2. The molecule has 0 saturated carbocycles. The SMILES string of the molecule is Cc1ccc(S(=O)(=O)N2CCCCCC2)cc1C(=O)Nc1ccccc1C(=O)NC(C)C. The van der Waals surface area contributed by atoms with Gasteiger partial charge < -0.3 is 10.6 Å². The van der Waals surface area contributed by atoms with Gasteiger partial charge in [0.25, 0.3) is 11.8 Å². The third kappa shape index (κ3) is 5.55. The van der Waals surface area contributed by atoms with Crippen LogP contribution in [0, 0.1) is 6.92 Å². The van der Waals surface area contributed by atoms with Crippen molar-refractivity contribution in [3.63, 3.8) is 0 Å². The number of benzene rings is 2. The fourth-order valence-corrected chi connectivity index (χ4v) is 5.30. The largest absolute Gasteiger partial charge is 0.350 e. The highest BCUT2D eigenvalue weighted by Crippen LogP contribution is 2.24. The molecule has 3 rings (SSSR count). The van der Waals surface area contributed by atoms with Crippen LogP contribution in [0.3, 0.4) is 0 Å². The van der Waals surface area contributed by atoms with E-state index >= 15 is 0 Å². The molecule has 1 fully saturated rings. The first-order valence-corrected chi connectivity index (χ1v) is 12.5. The summed E-state index contributed by atoms with van der Waals surface area (Å²) in [7, 11) is -3.68. The number of aryl methyl sites for hydroxylation is 1. The molecule has 2 N–H and O–H groups in total. The van der Waals surface area contributed by atoms with Gasteiger partial charge in [0, 0.05) is 24.7 Å². The molecule has 1 aliphatic heterocycles. The van der Waals surface area contributed by atoms with Gasteiger partial charge in [-0.3, -0.25) is 9.59 Å². The molecule has 2 aromatic rings. The van der Waals surface area contributed by atoms with E-state index in [1.54, 1.807) is 43.3 Å². The second-order valence-corrected chi connectivity index (χ2v) is 10.4. The quantitative estimate of drug-likeness (QED) is 0.687. The van der Waals surface area contributed by atoms with Crippen LogP contribution in [0.2, 0.25) is 0 Å². The van der Waals surface area contributed by atoms with E-state index < -0.39 is 15.9 Å². The topological polar surface area (TPSA) is 95.6 Å². The Labute approximate surface area is 190 Å². The Hall–Kier alpha value is -2.71. The summed E-state index contributed by atoms with van der Waals surface area (Å²) < 4.78 is 27.9. The zero-order chi connectivity index (χ0) is 23.3. The number of hydrogen-bond acceptors (Lipinski definition) is 4. The van der Waals surface area contributed by atoms with Crippen molar-refractivity contribution in [2.75, 3.05) is 18.4 Å². The molecule has 1 saturated heterocycles. The Bertz CT molecular complexity index is 1090. The lowest BCUT2D eigenvalue weighted by Crippen LogP contribution is -2.32. The first kappa shape index (κ1) is 23.9. The number of sulfonamides is 1. The molecule has 1 aliphatic rings. The van der Waals surface area contributed by atoms with Crippen LogP contribution in [-0.4, -0.2) is 43.7 Å². The van der Waals surface area contributed by atoms with E-state index in [1.165, 1.54) is 10.4 Å². The van der Waals surface area contributed by atoms with E-state index in [1.807, 2.05) is 13.8 Å². The number of carbonyl (C=O) groups excluding carboxylic acids is 2. The summed E-state index contributed by atoms with van der Waals surface area (Å²) >= 11 is 0. The molecule has 7 nitrogen and oxygen atoms in total. The number of nitrogens with one attached hydrogen (secondary N) is 2. The van der Waals surface area contributed by atoms with E-state index in [-0.39, 0.29) is 22.4 Å². The van der Waals surface area contributed by atoms with Crippen molar-refractivity contribution in [3.05, 3.63) is 59.2 Å². The van der Waals surface area contributed by atoms with Gasteiger partial charge in [-0.15, -0.1) is 0 Å². The Balaban J connectivity index is 1.88. The molecule has 2 aromatic carbocycles. The second kappa shape index (κ2) is 10.3. The summed E-state index contributed by atoms with van der Waals surface area (Å²) in [6.07, 6.45) is 3.73.